The first-order valence-corrected chi connectivity index (χ1v) is 10.3. The Bertz CT molecular complexity index is 930. The molecule has 1 atom stereocenters. The molecule has 0 aliphatic heterocycles. The molecule has 2 rings (SSSR count). The number of hydrogen-bond donors (Lipinski definition) is 3. The molecule has 0 unspecified atom stereocenters. The topological polar surface area (TPSA) is 104 Å². The monoisotopic (exact) mass is 409 g/mol. The van der Waals surface area contributed by atoms with Crippen molar-refractivity contribution in [1.82, 2.24) is 4.72 Å². The standard InChI is InChI=1S/C18H20ClN3O4S/c1-12(23)20-15-4-3-5-16(10-15)21-18(24)11-17(22-27(2,25)26)13-6-8-14(19)9-7-13/h3-10,17,22H,11H2,1-2H3,(H,20,23)(H,21,24)/t17-/m1/s1. The number of nitrogens with one attached hydrogen (secondary N) is 3. The summed E-state index contributed by atoms with van der Waals surface area (Å²) in [6, 6.07) is 12.5. The predicted molar refractivity (Wildman–Crippen MR) is 106 cm³/mol. The van der Waals surface area contributed by atoms with E-state index >= 15 is 0 Å². The van der Waals surface area contributed by atoms with Gasteiger partial charge in [0.2, 0.25) is 21.8 Å². The molecular weight excluding hydrogens is 390 g/mol. The van der Waals surface area contributed by atoms with Gasteiger partial charge in [-0.2, -0.15) is 0 Å². The molecule has 0 bridgehead atoms. The third-order valence-electron chi connectivity index (χ3n) is 3.48. The Morgan fingerprint density at radius 1 is 1.04 bits per heavy atom. The molecular formula is C18H20ClN3O4S. The van der Waals surface area contributed by atoms with Crippen LogP contribution in [0.3, 0.4) is 0 Å². The highest BCUT2D eigenvalue weighted by molar-refractivity contribution is 7.88. The van der Waals surface area contributed by atoms with Gasteiger partial charge in [-0.05, 0) is 35.9 Å². The lowest BCUT2D eigenvalue weighted by Gasteiger charge is -2.18. The van der Waals surface area contributed by atoms with Crippen molar-refractivity contribution in [3.63, 3.8) is 0 Å². The van der Waals surface area contributed by atoms with E-state index < -0.39 is 16.1 Å². The number of benzene rings is 2. The summed E-state index contributed by atoms with van der Waals surface area (Å²) in [5.74, 6) is -0.607. The van der Waals surface area contributed by atoms with E-state index in [0.717, 1.165) is 6.26 Å². The Morgan fingerprint density at radius 3 is 2.19 bits per heavy atom. The Hall–Kier alpha value is -2.42. The van der Waals surface area contributed by atoms with E-state index in [2.05, 4.69) is 15.4 Å². The number of amides is 2. The third-order valence-corrected chi connectivity index (χ3v) is 4.45. The minimum absolute atomic E-state index is 0.112. The molecule has 0 aliphatic carbocycles. The van der Waals surface area contributed by atoms with Crippen LogP contribution in [0.15, 0.2) is 48.5 Å². The molecule has 7 nitrogen and oxygen atoms in total. The van der Waals surface area contributed by atoms with E-state index in [9.17, 15) is 18.0 Å². The summed E-state index contributed by atoms with van der Waals surface area (Å²) in [6.45, 7) is 1.39. The molecule has 0 saturated carbocycles. The molecule has 2 amide bonds. The van der Waals surface area contributed by atoms with Gasteiger partial charge in [0.15, 0.2) is 0 Å². The van der Waals surface area contributed by atoms with Crippen LogP contribution >= 0.6 is 11.6 Å². The molecule has 0 aliphatic rings. The highest BCUT2D eigenvalue weighted by atomic mass is 35.5. The number of halogens is 1. The normalized spacial score (nSPS) is 12.3. The molecule has 0 fully saturated rings. The third kappa shape index (κ3) is 7.38. The second-order valence-electron chi connectivity index (χ2n) is 6.01. The highest BCUT2D eigenvalue weighted by Gasteiger charge is 2.20. The van der Waals surface area contributed by atoms with E-state index in [1.807, 2.05) is 0 Å². The van der Waals surface area contributed by atoms with Crippen molar-refractivity contribution in [3.8, 4) is 0 Å². The van der Waals surface area contributed by atoms with Crippen LogP contribution in [0, 0.1) is 0 Å². The maximum atomic E-state index is 12.4. The fourth-order valence-corrected chi connectivity index (χ4v) is 3.32. The second-order valence-corrected chi connectivity index (χ2v) is 8.22. The van der Waals surface area contributed by atoms with Crippen LogP contribution in [0.4, 0.5) is 11.4 Å². The molecule has 0 spiro atoms. The van der Waals surface area contributed by atoms with E-state index in [0.29, 0.717) is 22.0 Å². The number of carbonyl (C=O) groups excluding carboxylic acids is 2. The van der Waals surface area contributed by atoms with Crippen LogP contribution in [-0.2, 0) is 19.6 Å². The van der Waals surface area contributed by atoms with Crippen molar-refractivity contribution >= 4 is 44.8 Å². The second kappa shape index (κ2) is 8.98. The SMILES string of the molecule is CC(=O)Nc1cccc(NC(=O)C[C@@H](NS(C)(=O)=O)c2ccc(Cl)cc2)c1. The fourth-order valence-electron chi connectivity index (χ4n) is 2.46. The molecule has 0 saturated heterocycles. The van der Waals surface area contributed by atoms with Gasteiger partial charge in [-0.25, -0.2) is 13.1 Å². The molecule has 9 heteroatoms. The summed E-state index contributed by atoms with van der Waals surface area (Å²) < 4.78 is 25.8. The Balaban J connectivity index is 2.13. The van der Waals surface area contributed by atoms with Crippen LogP contribution in [0.25, 0.3) is 0 Å². The fraction of sp³-hybridized carbons (Fsp3) is 0.222. The van der Waals surface area contributed by atoms with Gasteiger partial charge in [-0.15, -0.1) is 0 Å². The quantitative estimate of drug-likeness (QED) is 0.653. The zero-order valence-electron chi connectivity index (χ0n) is 14.8. The van der Waals surface area contributed by atoms with Crippen LogP contribution in [0.1, 0.15) is 24.9 Å². The molecule has 27 heavy (non-hydrogen) atoms. The van der Waals surface area contributed by atoms with Crippen molar-refractivity contribution in [2.75, 3.05) is 16.9 Å². The van der Waals surface area contributed by atoms with Gasteiger partial charge in [-0.3, -0.25) is 9.59 Å². The van der Waals surface area contributed by atoms with Gasteiger partial charge in [0.1, 0.15) is 0 Å². The molecule has 0 heterocycles. The number of carbonyl (C=O) groups is 2. The first-order valence-electron chi connectivity index (χ1n) is 8.02. The van der Waals surface area contributed by atoms with Crippen molar-refractivity contribution in [2.45, 2.75) is 19.4 Å². The summed E-state index contributed by atoms with van der Waals surface area (Å²) >= 11 is 5.87. The molecule has 144 valence electrons. The zero-order chi connectivity index (χ0) is 20.0. The van der Waals surface area contributed by atoms with Crippen LogP contribution in [0.2, 0.25) is 5.02 Å². The summed E-state index contributed by atoms with van der Waals surface area (Å²) in [5.41, 5.74) is 1.65. The number of sulfonamides is 1. The number of hydrogen-bond acceptors (Lipinski definition) is 4. The maximum Gasteiger partial charge on any atom is 0.226 e. The van der Waals surface area contributed by atoms with Crippen molar-refractivity contribution in [1.29, 1.82) is 0 Å². The van der Waals surface area contributed by atoms with E-state index in [4.69, 9.17) is 11.6 Å². The van der Waals surface area contributed by atoms with Crippen LogP contribution in [-0.4, -0.2) is 26.5 Å². The summed E-state index contributed by atoms with van der Waals surface area (Å²) in [7, 11) is -3.53. The lowest BCUT2D eigenvalue weighted by Crippen LogP contribution is -2.30. The van der Waals surface area contributed by atoms with Gasteiger partial charge in [0.05, 0.1) is 12.3 Å². The smallest absolute Gasteiger partial charge is 0.226 e. The van der Waals surface area contributed by atoms with Gasteiger partial charge < -0.3 is 10.6 Å². The summed E-state index contributed by atoms with van der Waals surface area (Å²) in [5, 5.41) is 5.84. The molecule has 2 aromatic rings. The zero-order valence-corrected chi connectivity index (χ0v) is 16.4. The van der Waals surface area contributed by atoms with Crippen molar-refractivity contribution in [3.05, 3.63) is 59.1 Å². The first-order chi connectivity index (χ1) is 12.6. The largest absolute Gasteiger partial charge is 0.326 e. The molecule has 0 radical (unpaired) electrons. The lowest BCUT2D eigenvalue weighted by atomic mass is 10.0. The van der Waals surface area contributed by atoms with Gasteiger partial charge in [-0.1, -0.05) is 29.8 Å². The average Bonchev–Trinajstić information content (AvgIpc) is 2.53. The average molecular weight is 410 g/mol. The van der Waals surface area contributed by atoms with Gasteiger partial charge >= 0.3 is 0 Å². The van der Waals surface area contributed by atoms with Gasteiger partial charge in [0, 0.05) is 29.7 Å². The highest BCUT2D eigenvalue weighted by Crippen LogP contribution is 2.22. The van der Waals surface area contributed by atoms with Crippen LogP contribution < -0.4 is 15.4 Å². The summed E-state index contributed by atoms with van der Waals surface area (Å²) in [6.07, 6.45) is 0.920. The first kappa shape index (κ1) is 20.9. The Labute approximate surface area is 163 Å². The van der Waals surface area contributed by atoms with E-state index in [-0.39, 0.29) is 18.2 Å². The summed E-state index contributed by atoms with van der Waals surface area (Å²) in [4.78, 5) is 23.6. The van der Waals surface area contributed by atoms with E-state index in [1.54, 1.807) is 48.5 Å². The van der Waals surface area contributed by atoms with E-state index in [1.165, 1.54) is 6.92 Å². The molecule has 3 N–H and O–H groups in total. The lowest BCUT2D eigenvalue weighted by molar-refractivity contribution is -0.116. The number of rotatable bonds is 7. The van der Waals surface area contributed by atoms with Crippen molar-refractivity contribution in [2.24, 2.45) is 0 Å². The Kier molecular flexibility index (Phi) is 6.95. The minimum atomic E-state index is -3.53. The maximum absolute atomic E-state index is 12.4. The minimum Gasteiger partial charge on any atom is -0.326 e. The molecule has 2 aromatic carbocycles. The van der Waals surface area contributed by atoms with Crippen LogP contribution in [0.5, 0.6) is 0 Å². The predicted octanol–water partition coefficient (Wildman–Crippen LogP) is 2.92. The Morgan fingerprint density at radius 2 is 1.63 bits per heavy atom. The van der Waals surface area contributed by atoms with Gasteiger partial charge in [0.25, 0.3) is 0 Å². The van der Waals surface area contributed by atoms with Crippen molar-refractivity contribution < 1.29 is 18.0 Å². The number of anilines is 2. The molecule has 0 aromatic heterocycles.